The molecule has 0 aromatic heterocycles. The standard InChI is InChI=1S/C16H17IN2O4S/c1-15(2)10(12(21)22)19-13(23)16(3,14(19)24-15)18-11(20)8-6-4-5-7-9(8)17/h4-7,10,14H,1-3H3,(H,18,20)(H,21,22)/t10-,14+,16?/m0/s1. The van der Waals surface area contributed by atoms with E-state index < -0.39 is 22.3 Å². The first kappa shape index (κ1) is 17.5. The van der Waals surface area contributed by atoms with E-state index in [1.807, 2.05) is 26.0 Å². The third kappa shape index (κ3) is 2.42. The van der Waals surface area contributed by atoms with Gasteiger partial charge in [0.25, 0.3) is 11.8 Å². The van der Waals surface area contributed by atoms with Gasteiger partial charge in [0.1, 0.15) is 17.0 Å². The van der Waals surface area contributed by atoms with E-state index in [1.54, 1.807) is 19.1 Å². The molecule has 3 atom stereocenters. The number of nitrogens with zero attached hydrogens (tertiary/aromatic N) is 1. The zero-order valence-corrected chi connectivity index (χ0v) is 16.3. The molecule has 2 N–H and O–H groups in total. The Morgan fingerprint density at radius 2 is 1.92 bits per heavy atom. The molecular weight excluding hydrogens is 443 g/mol. The van der Waals surface area contributed by atoms with Crippen molar-refractivity contribution < 1.29 is 19.5 Å². The van der Waals surface area contributed by atoms with Crippen LogP contribution in [0, 0.1) is 3.57 Å². The fourth-order valence-corrected chi connectivity index (χ4v) is 5.56. The Hall–Kier alpha value is -1.29. The van der Waals surface area contributed by atoms with Crippen molar-refractivity contribution in [3.8, 4) is 0 Å². The van der Waals surface area contributed by atoms with Gasteiger partial charge < -0.3 is 15.3 Å². The molecule has 24 heavy (non-hydrogen) atoms. The maximum Gasteiger partial charge on any atom is 0.327 e. The van der Waals surface area contributed by atoms with Gasteiger partial charge in [0, 0.05) is 8.32 Å². The average molecular weight is 460 g/mol. The zero-order valence-electron chi connectivity index (χ0n) is 13.4. The van der Waals surface area contributed by atoms with Crippen LogP contribution in [0.4, 0.5) is 0 Å². The predicted molar refractivity (Wildman–Crippen MR) is 98.8 cm³/mol. The minimum Gasteiger partial charge on any atom is -0.480 e. The van der Waals surface area contributed by atoms with E-state index in [9.17, 15) is 19.5 Å². The third-order valence-corrected chi connectivity index (χ3v) is 7.20. The Balaban J connectivity index is 1.86. The van der Waals surface area contributed by atoms with Crippen molar-refractivity contribution in [2.24, 2.45) is 0 Å². The number of amides is 2. The molecule has 8 heteroatoms. The highest BCUT2D eigenvalue weighted by Crippen LogP contribution is 2.54. The molecule has 1 unspecified atom stereocenters. The highest BCUT2D eigenvalue weighted by Gasteiger charge is 2.70. The second kappa shape index (κ2) is 5.62. The summed E-state index contributed by atoms with van der Waals surface area (Å²) in [6, 6.07) is 6.24. The molecule has 2 heterocycles. The van der Waals surface area contributed by atoms with Crippen LogP contribution in [-0.4, -0.2) is 49.5 Å². The molecule has 6 nitrogen and oxygen atoms in total. The van der Waals surface area contributed by atoms with Gasteiger partial charge in [0.15, 0.2) is 0 Å². The van der Waals surface area contributed by atoms with Crippen molar-refractivity contribution >= 4 is 52.1 Å². The smallest absolute Gasteiger partial charge is 0.327 e. The van der Waals surface area contributed by atoms with Crippen LogP contribution in [0.25, 0.3) is 0 Å². The first-order valence-corrected chi connectivity index (χ1v) is 9.36. The molecule has 2 fully saturated rings. The summed E-state index contributed by atoms with van der Waals surface area (Å²) in [5.41, 5.74) is -0.593. The number of hydrogen-bond donors (Lipinski definition) is 2. The minimum absolute atomic E-state index is 0.326. The van der Waals surface area contributed by atoms with E-state index in [4.69, 9.17) is 0 Å². The number of carboxylic acid groups (broad SMARTS) is 1. The Labute approximate surface area is 157 Å². The van der Waals surface area contributed by atoms with Crippen molar-refractivity contribution in [1.82, 2.24) is 10.2 Å². The van der Waals surface area contributed by atoms with Gasteiger partial charge in [0.2, 0.25) is 0 Å². The van der Waals surface area contributed by atoms with Crippen LogP contribution in [0.3, 0.4) is 0 Å². The number of hydrogen-bond acceptors (Lipinski definition) is 4. The lowest BCUT2D eigenvalue weighted by Gasteiger charge is -2.51. The molecule has 2 saturated heterocycles. The fraction of sp³-hybridized carbons (Fsp3) is 0.438. The number of carboxylic acids is 1. The topological polar surface area (TPSA) is 86.7 Å². The number of fused-ring (bicyclic) bond motifs is 1. The zero-order chi connectivity index (χ0) is 17.9. The summed E-state index contributed by atoms with van der Waals surface area (Å²) in [7, 11) is 0. The van der Waals surface area contributed by atoms with Crippen LogP contribution in [0.1, 0.15) is 31.1 Å². The Morgan fingerprint density at radius 1 is 1.29 bits per heavy atom. The molecule has 0 spiro atoms. The van der Waals surface area contributed by atoms with Gasteiger partial charge in [-0.2, -0.15) is 0 Å². The molecule has 128 valence electrons. The van der Waals surface area contributed by atoms with E-state index in [1.165, 1.54) is 16.7 Å². The fourth-order valence-electron chi connectivity index (χ4n) is 3.29. The highest BCUT2D eigenvalue weighted by atomic mass is 127. The quantitative estimate of drug-likeness (QED) is 0.532. The van der Waals surface area contributed by atoms with Gasteiger partial charge in [-0.1, -0.05) is 12.1 Å². The largest absolute Gasteiger partial charge is 0.480 e. The van der Waals surface area contributed by atoms with E-state index in [0.29, 0.717) is 5.56 Å². The van der Waals surface area contributed by atoms with Gasteiger partial charge in [0.05, 0.1) is 5.56 Å². The number of nitrogens with one attached hydrogen (secondary N) is 1. The molecule has 0 bridgehead atoms. The monoisotopic (exact) mass is 460 g/mol. The van der Waals surface area contributed by atoms with E-state index in [0.717, 1.165) is 3.57 Å². The summed E-state index contributed by atoms with van der Waals surface area (Å²) < 4.78 is 0.179. The maximum atomic E-state index is 12.7. The summed E-state index contributed by atoms with van der Waals surface area (Å²) in [5.74, 6) is -1.70. The Morgan fingerprint density at radius 3 is 2.50 bits per heavy atom. The lowest BCUT2D eigenvalue weighted by molar-refractivity contribution is -0.165. The number of carbonyl (C=O) groups is 3. The second-order valence-electron chi connectivity index (χ2n) is 6.66. The molecule has 2 aliphatic heterocycles. The van der Waals surface area contributed by atoms with Gasteiger partial charge in [-0.05, 0) is 55.5 Å². The molecule has 2 amide bonds. The Kier molecular flexibility index (Phi) is 4.10. The van der Waals surface area contributed by atoms with Crippen molar-refractivity contribution in [2.75, 3.05) is 0 Å². The lowest BCUT2D eigenvalue weighted by atomic mass is 9.86. The average Bonchev–Trinajstić information content (AvgIpc) is 2.77. The lowest BCUT2D eigenvalue weighted by Crippen LogP contribution is -2.78. The predicted octanol–water partition coefficient (Wildman–Crippen LogP) is 1.93. The summed E-state index contributed by atoms with van der Waals surface area (Å²) in [6.07, 6.45) is 0. The molecule has 3 rings (SSSR count). The molecule has 0 radical (unpaired) electrons. The van der Waals surface area contributed by atoms with Gasteiger partial charge >= 0.3 is 5.97 Å². The first-order chi connectivity index (χ1) is 11.1. The molecule has 2 aliphatic rings. The number of thioether (sulfide) groups is 1. The van der Waals surface area contributed by atoms with Gasteiger partial charge in [-0.15, -0.1) is 11.8 Å². The summed E-state index contributed by atoms with van der Waals surface area (Å²) >= 11 is 3.49. The molecular formula is C16H17IN2O4S. The van der Waals surface area contributed by atoms with Crippen molar-refractivity contribution in [1.29, 1.82) is 0 Å². The van der Waals surface area contributed by atoms with E-state index >= 15 is 0 Å². The number of β-lactam (4-membered cyclic amide) rings is 1. The summed E-state index contributed by atoms with van der Waals surface area (Å²) in [4.78, 5) is 38.2. The van der Waals surface area contributed by atoms with Crippen LogP contribution in [-0.2, 0) is 9.59 Å². The second-order valence-corrected chi connectivity index (χ2v) is 9.56. The van der Waals surface area contributed by atoms with Crippen molar-refractivity contribution in [2.45, 2.75) is 42.5 Å². The van der Waals surface area contributed by atoms with E-state index in [2.05, 4.69) is 27.9 Å². The van der Waals surface area contributed by atoms with Gasteiger partial charge in [-0.25, -0.2) is 4.79 Å². The minimum atomic E-state index is -1.10. The van der Waals surface area contributed by atoms with Crippen LogP contribution in [0.2, 0.25) is 0 Å². The molecule has 1 aromatic carbocycles. The van der Waals surface area contributed by atoms with Crippen LogP contribution in [0.5, 0.6) is 0 Å². The molecule has 0 aliphatic carbocycles. The van der Waals surface area contributed by atoms with Crippen LogP contribution >= 0.6 is 34.4 Å². The number of carbonyl (C=O) groups excluding carboxylic acids is 2. The van der Waals surface area contributed by atoms with Gasteiger partial charge in [-0.3, -0.25) is 9.59 Å². The van der Waals surface area contributed by atoms with E-state index in [-0.39, 0.29) is 17.2 Å². The number of aliphatic carboxylic acids is 1. The normalized spacial score (nSPS) is 30.5. The molecule has 1 aromatic rings. The summed E-state index contributed by atoms with van der Waals surface area (Å²) in [6.45, 7) is 5.28. The molecule has 0 saturated carbocycles. The SMILES string of the molecule is CC1(C)S[C@H]2N(C(=O)C2(C)NC(=O)c2ccccc2I)[C@H]1C(=O)O. The first-order valence-electron chi connectivity index (χ1n) is 7.40. The number of rotatable bonds is 3. The van der Waals surface area contributed by atoms with Crippen LogP contribution in [0.15, 0.2) is 24.3 Å². The number of halogens is 1. The maximum absolute atomic E-state index is 12.7. The number of benzene rings is 1. The third-order valence-electron chi connectivity index (χ3n) is 4.50. The summed E-state index contributed by atoms with van der Waals surface area (Å²) in [5, 5.41) is 11.9. The highest BCUT2D eigenvalue weighted by molar-refractivity contribution is 14.1. The Bertz CT molecular complexity index is 753. The van der Waals surface area contributed by atoms with Crippen molar-refractivity contribution in [3.05, 3.63) is 33.4 Å². The van der Waals surface area contributed by atoms with Crippen molar-refractivity contribution in [3.63, 3.8) is 0 Å². The van der Waals surface area contributed by atoms with Crippen LogP contribution < -0.4 is 5.32 Å².